The molecule has 0 aliphatic carbocycles. The smallest absolute Gasteiger partial charge is 0.261 e. The van der Waals surface area contributed by atoms with E-state index in [4.69, 9.17) is 0 Å². The number of carbonyl (C=O) groups excluding carboxylic acids is 1. The topological polar surface area (TPSA) is 42.0 Å². The second-order valence-electron chi connectivity index (χ2n) is 7.82. The van der Waals surface area contributed by atoms with Crippen LogP contribution in [0.4, 0.5) is 0 Å². The Kier molecular flexibility index (Phi) is 12.7. The Balaban J connectivity index is 0.000000393. The second-order valence-corrected chi connectivity index (χ2v) is 8.91. The number of hydrogen-bond donors (Lipinski definition) is 1. The summed E-state index contributed by atoms with van der Waals surface area (Å²) in [6.07, 6.45) is 10.6. The monoisotopic (exact) mass is 474 g/mol. The van der Waals surface area contributed by atoms with Gasteiger partial charge < -0.3 is 5.32 Å². The molecular formula is C30H38N2OS. The summed E-state index contributed by atoms with van der Waals surface area (Å²) in [7, 11) is 0. The first-order valence-electron chi connectivity index (χ1n) is 12.5. The second kappa shape index (κ2) is 15.8. The molecule has 0 saturated heterocycles. The van der Waals surface area contributed by atoms with E-state index in [1.54, 1.807) is 12.4 Å². The van der Waals surface area contributed by atoms with Gasteiger partial charge in [0.15, 0.2) is 0 Å². The first kappa shape index (κ1) is 27.3. The van der Waals surface area contributed by atoms with Crippen LogP contribution < -0.4 is 5.32 Å². The quantitative estimate of drug-likeness (QED) is 0.259. The zero-order chi connectivity index (χ0) is 24.6. The highest BCUT2D eigenvalue weighted by Crippen LogP contribution is 2.25. The Hall–Kier alpha value is -2.98. The van der Waals surface area contributed by atoms with Gasteiger partial charge in [-0.25, -0.2) is 0 Å². The van der Waals surface area contributed by atoms with Crippen molar-refractivity contribution in [3.05, 3.63) is 89.6 Å². The minimum Gasteiger partial charge on any atom is -0.347 e. The molecule has 0 atom stereocenters. The van der Waals surface area contributed by atoms with Crippen LogP contribution in [0.1, 0.15) is 75.0 Å². The first-order valence-corrected chi connectivity index (χ1v) is 13.3. The van der Waals surface area contributed by atoms with E-state index in [0.717, 1.165) is 31.7 Å². The van der Waals surface area contributed by atoms with Crippen molar-refractivity contribution in [2.24, 2.45) is 0 Å². The van der Waals surface area contributed by atoms with Crippen LogP contribution in [0.15, 0.2) is 79.1 Å². The van der Waals surface area contributed by atoms with E-state index < -0.39 is 0 Å². The number of thiophene rings is 1. The van der Waals surface area contributed by atoms with Gasteiger partial charge in [0.25, 0.3) is 5.91 Å². The maximum atomic E-state index is 12.4. The summed E-state index contributed by atoms with van der Waals surface area (Å²) in [5, 5.41) is 4.11. The van der Waals surface area contributed by atoms with Crippen LogP contribution in [0, 0.1) is 0 Å². The van der Waals surface area contributed by atoms with E-state index in [9.17, 15) is 4.79 Å². The van der Waals surface area contributed by atoms with Crippen molar-refractivity contribution in [3.63, 3.8) is 0 Å². The minimum atomic E-state index is -0.0283. The van der Waals surface area contributed by atoms with E-state index in [0.29, 0.717) is 6.54 Å². The fourth-order valence-electron chi connectivity index (χ4n) is 3.40. The van der Waals surface area contributed by atoms with Gasteiger partial charge in [-0.15, -0.1) is 11.3 Å². The van der Waals surface area contributed by atoms with Crippen molar-refractivity contribution in [2.45, 2.75) is 66.3 Å². The van der Waals surface area contributed by atoms with Gasteiger partial charge in [0.1, 0.15) is 0 Å². The molecular weight excluding hydrogens is 436 g/mol. The summed E-state index contributed by atoms with van der Waals surface area (Å²) in [6.45, 7) is 9.01. The molecule has 3 nitrogen and oxygen atoms in total. The Morgan fingerprint density at radius 3 is 2.06 bits per heavy atom. The number of hydrogen-bond acceptors (Lipinski definition) is 3. The van der Waals surface area contributed by atoms with Crippen LogP contribution >= 0.6 is 11.3 Å². The standard InChI is InChI=1S/C21H16N2OS.C7H16.C2H6/c24-21(20-13-18-3-1-2-4-19(18)25-20)23-14-15-5-7-16(8-6-15)17-9-11-22-12-10-17;1-3-5-7-6-4-2;1-2/h1-13H,14H2,(H,23,24);3-7H2,1-2H3;1-2H3. The Bertz CT molecular complexity index is 1050. The molecule has 0 aliphatic rings. The van der Waals surface area contributed by atoms with Crippen LogP contribution in [0.2, 0.25) is 0 Å². The number of nitrogens with zero attached hydrogens (tertiary/aromatic N) is 1. The zero-order valence-corrected chi connectivity index (χ0v) is 21.8. The number of fused-ring (bicyclic) bond motifs is 1. The lowest BCUT2D eigenvalue weighted by Gasteiger charge is -2.06. The molecule has 4 aromatic rings. The third-order valence-electron chi connectivity index (χ3n) is 5.28. The summed E-state index contributed by atoms with van der Waals surface area (Å²) in [6, 6.07) is 22.2. The van der Waals surface area contributed by atoms with Crippen molar-refractivity contribution in [2.75, 3.05) is 0 Å². The van der Waals surface area contributed by atoms with Crippen molar-refractivity contribution < 1.29 is 4.79 Å². The van der Waals surface area contributed by atoms with Crippen LogP contribution in [0.5, 0.6) is 0 Å². The van der Waals surface area contributed by atoms with E-state index in [1.165, 1.54) is 43.4 Å². The lowest BCUT2D eigenvalue weighted by atomic mass is 10.1. The summed E-state index contributed by atoms with van der Waals surface area (Å²) in [5.41, 5.74) is 3.35. The van der Waals surface area contributed by atoms with Gasteiger partial charge in [-0.05, 0) is 46.3 Å². The van der Waals surface area contributed by atoms with Crippen LogP contribution in [0.25, 0.3) is 21.2 Å². The lowest BCUT2D eigenvalue weighted by molar-refractivity contribution is 0.0955. The number of nitrogens with one attached hydrogen (secondary N) is 1. The summed E-state index contributed by atoms with van der Waals surface area (Å²) < 4.78 is 1.13. The normalized spacial score (nSPS) is 10.0. The number of unbranched alkanes of at least 4 members (excludes halogenated alkanes) is 4. The van der Waals surface area contributed by atoms with E-state index in [1.807, 2.05) is 68.4 Å². The molecule has 34 heavy (non-hydrogen) atoms. The number of rotatable bonds is 8. The fourth-order valence-corrected chi connectivity index (χ4v) is 4.38. The van der Waals surface area contributed by atoms with Gasteiger partial charge in [-0.3, -0.25) is 9.78 Å². The molecule has 0 unspecified atom stereocenters. The van der Waals surface area contributed by atoms with Crippen LogP contribution in [-0.2, 0) is 6.54 Å². The molecule has 4 heteroatoms. The summed E-state index contributed by atoms with van der Waals surface area (Å²) in [4.78, 5) is 17.1. The Morgan fingerprint density at radius 1 is 0.824 bits per heavy atom. The average molecular weight is 475 g/mol. The highest BCUT2D eigenvalue weighted by atomic mass is 32.1. The maximum absolute atomic E-state index is 12.4. The van der Waals surface area contributed by atoms with Gasteiger partial charge in [-0.2, -0.15) is 0 Å². The molecule has 2 heterocycles. The SMILES string of the molecule is CC.CCCCCCC.O=C(NCc1ccc(-c2ccncc2)cc1)c1cc2ccccc2s1. The van der Waals surface area contributed by atoms with E-state index in [2.05, 4.69) is 36.3 Å². The molecule has 0 spiro atoms. The Morgan fingerprint density at radius 2 is 1.44 bits per heavy atom. The van der Waals surface area contributed by atoms with E-state index in [-0.39, 0.29) is 5.91 Å². The zero-order valence-electron chi connectivity index (χ0n) is 21.0. The number of aromatic nitrogens is 1. The van der Waals surface area contributed by atoms with Gasteiger partial charge in [0.05, 0.1) is 4.88 Å². The van der Waals surface area contributed by atoms with Crippen molar-refractivity contribution in [1.29, 1.82) is 0 Å². The highest BCUT2D eigenvalue weighted by molar-refractivity contribution is 7.20. The fraction of sp³-hybridized carbons (Fsp3) is 0.333. The molecule has 0 aliphatic heterocycles. The lowest BCUT2D eigenvalue weighted by Crippen LogP contribution is -2.21. The maximum Gasteiger partial charge on any atom is 0.261 e. The van der Waals surface area contributed by atoms with Gasteiger partial charge in [0, 0.05) is 23.6 Å². The summed E-state index contributed by atoms with van der Waals surface area (Å²) >= 11 is 1.52. The largest absolute Gasteiger partial charge is 0.347 e. The number of amides is 1. The van der Waals surface area contributed by atoms with Crippen LogP contribution in [0.3, 0.4) is 0 Å². The molecule has 1 N–H and O–H groups in total. The Labute approximate surface area is 209 Å². The molecule has 0 radical (unpaired) electrons. The molecule has 2 aromatic heterocycles. The molecule has 0 saturated carbocycles. The molecule has 1 amide bonds. The number of benzene rings is 2. The molecule has 0 bridgehead atoms. The highest BCUT2D eigenvalue weighted by Gasteiger charge is 2.09. The van der Waals surface area contributed by atoms with Crippen molar-refractivity contribution >= 4 is 27.3 Å². The van der Waals surface area contributed by atoms with Crippen molar-refractivity contribution in [3.8, 4) is 11.1 Å². The van der Waals surface area contributed by atoms with Crippen molar-refractivity contribution in [1.82, 2.24) is 10.3 Å². The number of pyridine rings is 1. The van der Waals surface area contributed by atoms with E-state index >= 15 is 0 Å². The minimum absolute atomic E-state index is 0.0283. The predicted molar refractivity (Wildman–Crippen MR) is 148 cm³/mol. The number of carbonyl (C=O) groups is 1. The van der Waals surface area contributed by atoms with Gasteiger partial charge >= 0.3 is 0 Å². The summed E-state index contributed by atoms with van der Waals surface area (Å²) in [5.74, 6) is -0.0283. The first-order chi connectivity index (χ1) is 16.7. The molecule has 0 fully saturated rings. The average Bonchev–Trinajstić information content (AvgIpc) is 3.35. The molecule has 4 rings (SSSR count). The van der Waals surface area contributed by atoms with Gasteiger partial charge in [0.2, 0.25) is 0 Å². The van der Waals surface area contributed by atoms with Crippen LogP contribution in [-0.4, -0.2) is 10.9 Å². The third-order valence-corrected chi connectivity index (χ3v) is 6.39. The predicted octanol–water partition coefficient (Wildman–Crippen LogP) is 8.90. The molecule has 180 valence electrons. The van der Waals surface area contributed by atoms with Gasteiger partial charge in [-0.1, -0.05) is 102 Å². The molecule has 2 aromatic carbocycles. The third kappa shape index (κ3) is 8.75.